The molecular formula is C13H14FN3. The average Bonchev–Trinajstić information content (AvgIpc) is 2.28. The second-order valence-corrected chi connectivity index (χ2v) is 4.00. The summed E-state index contributed by atoms with van der Waals surface area (Å²) in [4.78, 5) is 4.10. The molecule has 0 fully saturated rings. The summed E-state index contributed by atoms with van der Waals surface area (Å²) in [6.07, 6.45) is 1.64. The molecule has 0 saturated heterocycles. The molecule has 3 nitrogen and oxygen atoms in total. The molecule has 0 aliphatic carbocycles. The van der Waals surface area contributed by atoms with E-state index in [9.17, 15) is 4.39 Å². The Labute approximate surface area is 99.5 Å². The Morgan fingerprint density at radius 3 is 2.71 bits per heavy atom. The molecule has 0 aliphatic heterocycles. The smallest absolute Gasteiger partial charge is 0.153 e. The summed E-state index contributed by atoms with van der Waals surface area (Å²) in [5.74, 6) is 0.167. The number of halogens is 1. The fourth-order valence-electron chi connectivity index (χ4n) is 1.52. The summed E-state index contributed by atoms with van der Waals surface area (Å²) >= 11 is 0. The molecule has 0 unspecified atom stereocenters. The first-order valence-electron chi connectivity index (χ1n) is 5.32. The lowest BCUT2D eigenvalue weighted by atomic mass is 10.2. The van der Waals surface area contributed by atoms with Gasteiger partial charge in [-0.05, 0) is 43.2 Å². The minimum atomic E-state index is -0.312. The molecule has 0 bridgehead atoms. The highest BCUT2D eigenvalue weighted by Gasteiger charge is 2.07. The van der Waals surface area contributed by atoms with Crippen molar-refractivity contribution in [2.24, 2.45) is 0 Å². The third kappa shape index (κ3) is 2.36. The molecule has 1 heterocycles. The maximum Gasteiger partial charge on any atom is 0.153 e. The van der Waals surface area contributed by atoms with Gasteiger partial charge in [-0.1, -0.05) is 6.07 Å². The van der Waals surface area contributed by atoms with Gasteiger partial charge in [-0.2, -0.15) is 0 Å². The number of benzene rings is 1. The minimum absolute atomic E-state index is 0.312. The summed E-state index contributed by atoms with van der Waals surface area (Å²) in [5, 5.41) is 2.90. The molecule has 0 amide bonds. The van der Waals surface area contributed by atoms with E-state index in [0.717, 1.165) is 11.1 Å². The van der Waals surface area contributed by atoms with Crippen LogP contribution in [0.3, 0.4) is 0 Å². The van der Waals surface area contributed by atoms with Crippen LogP contribution in [0.1, 0.15) is 11.1 Å². The summed E-state index contributed by atoms with van der Waals surface area (Å²) in [5.41, 5.74) is 8.56. The van der Waals surface area contributed by atoms with Gasteiger partial charge >= 0.3 is 0 Å². The van der Waals surface area contributed by atoms with E-state index in [-0.39, 0.29) is 5.82 Å². The van der Waals surface area contributed by atoms with E-state index in [1.807, 2.05) is 26.0 Å². The van der Waals surface area contributed by atoms with Crippen molar-refractivity contribution in [3.63, 3.8) is 0 Å². The lowest BCUT2D eigenvalue weighted by molar-refractivity contribution is 0.630. The average molecular weight is 231 g/mol. The SMILES string of the molecule is Cc1ccc(Nc2nccc(C)c2N)c(F)c1. The van der Waals surface area contributed by atoms with E-state index in [0.29, 0.717) is 17.2 Å². The van der Waals surface area contributed by atoms with Crippen molar-refractivity contribution in [3.8, 4) is 0 Å². The number of nitrogens with two attached hydrogens (primary N) is 1. The number of rotatable bonds is 2. The van der Waals surface area contributed by atoms with E-state index < -0.39 is 0 Å². The molecule has 3 N–H and O–H groups in total. The number of aromatic nitrogens is 1. The van der Waals surface area contributed by atoms with Crippen molar-refractivity contribution in [1.29, 1.82) is 0 Å². The molecule has 0 aliphatic rings. The first kappa shape index (κ1) is 11.4. The number of hydrogen-bond donors (Lipinski definition) is 2. The quantitative estimate of drug-likeness (QED) is 0.834. The van der Waals surface area contributed by atoms with Gasteiger partial charge in [-0.15, -0.1) is 0 Å². The Morgan fingerprint density at radius 2 is 2.00 bits per heavy atom. The van der Waals surface area contributed by atoms with Crippen LogP contribution in [0.25, 0.3) is 0 Å². The van der Waals surface area contributed by atoms with Crippen LogP contribution in [0.15, 0.2) is 30.5 Å². The number of aryl methyl sites for hydroxylation is 2. The van der Waals surface area contributed by atoms with E-state index in [1.165, 1.54) is 6.07 Å². The fraction of sp³-hybridized carbons (Fsp3) is 0.154. The largest absolute Gasteiger partial charge is 0.396 e. The molecule has 4 heteroatoms. The summed E-state index contributed by atoms with van der Waals surface area (Å²) in [6.45, 7) is 3.72. The van der Waals surface area contributed by atoms with Crippen LogP contribution < -0.4 is 11.1 Å². The van der Waals surface area contributed by atoms with Gasteiger partial charge in [0.1, 0.15) is 5.82 Å². The molecule has 2 aromatic rings. The van der Waals surface area contributed by atoms with E-state index >= 15 is 0 Å². The predicted molar refractivity (Wildman–Crippen MR) is 67.8 cm³/mol. The van der Waals surface area contributed by atoms with Gasteiger partial charge in [-0.25, -0.2) is 9.37 Å². The van der Waals surface area contributed by atoms with Crippen LogP contribution in [-0.2, 0) is 0 Å². The first-order chi connectivity index (χ1) is 8.08. The van der Waals surface area contributed by atoms with Gasteiger partial charge in [0, 0.05) is 6.20 Å². The Balaban J connectivity index is 2.35. The van der Waals surface area contributed by atoms with Gasteiger partial charge in [0.15, 0.2) is 5.82 Å². The number of pyridine rings is 1. The lowest BCUT2D eigenvalue weighted by Crippen LogP contribution is -2.02. The molecular weight excluding hydrogens is 217 g/mol. The number of nitrogens with zero attached hydrogens (tertiary/aromatic N) is 1. The third-order valence-electron chi connectivity index (χ3n) is 2.59. The number of nitrogens with one attached hydrogen (secondary N) is 1. The molecule has 88 valence electrons. The highest BCUT2D eigenvalue weighted by atomic mass is 19.1. The predicted octanol–water partition coefficient (Wildman–Crippen LogP) is 3.16. The molecule has 17 heavy (non-hydrogen) atoms. The number of nitrogen functional groups attached to an aromatic ring is 1. The van der Waals surface area contributed by atoms with Gasteiger partial charge < -0.3 is 11.1 Å². The molecule has 0 radical (unpaired) electrons. The number of hydrogen-bond acceptors (Lipinski definition) is 3. The number of anilines is 3. The second kappa shape index (κ2) is 4.41. The zero-order valence-corrected chi connectivity index (χ0v) is 9.79. The zero-order chi connectivity index (χ0) is 12.4. The second-order valence-electron chi connectivity index (χ2n) is 4.00. The fourth-order valence-corrected chi connectivity index (χ4v) is 1.52. The zero-order valence-electron chi connectivity index (χ0n) is 9.79. The minimum Gasteiger partial charge on any atom is -0.396 e. The van der Waals surface area contributed by atoms with Gasteiger partial charge in [0.25, 0.3) is 0 Å². The van der Waals surface area contributed by atoms with Gasteiger partial charge in [0.05, 0.1) is 11.4 Å². The van der Waals surface area contributed by atoms with Crippen molar-refractivity contribution in [2.75, 3.05) is 11.1 Å². The van der Waals surface area contributed by atoms with Crippen LogP contribution in [0.5, 0.6) is 0 Å². The topological polar surface area (TPSA) is 50.9 Å². The van der Waals surface area contributed by atoms with Crippen molar-refractivity contribution in [3.05, 3.63) is 47.4 Å². The molecule has 2 rings (SSSR count). The summed E-state index contributed by atoms with van der Waals surface area (Å²) < 4.78 is 13.6. The van der Waals surface area contributed by atoms with E-state index in [2.05, 4.69) is 10.3 Å². The van der Waals surface area contributed by atoms with Crippen molar-refractivity contribution < 1.29 is 4.39 Å². The molecule has 0 saturated carbocycles. The van der Waals surface area contributed by atoms with Crippen LogP contribution in [0.2, 0.25) is 0 Å². The van der Waals surface area contributed by atoms with Crippen molar-refractivity contribution in [1.82, 2.24) is 4.98 Å². The monoisotopic (exact) mass is 231 g/mol. The van der Waals surface area contributed by atoms with Crippen LogP contribution in [0.4, 0.5) is 21.6 Å². The van der Waals surface area contributed by atoms with E-state index in [1.54, 1.807) is 12.3 Å². The first-order valence-corrected chi connectivity index (χ1v) is 5.32. The maximum atomic E-state index is 13.6. The van der Waals surface area contributed by atoms with Crippen molar-refractivity contribution in [2.45, 2.75) is 13.8 Å². The van der Waals surface area contributed by atoms with Gasteiger partial charge in [-0.3, -0.25) is 0 Å². The molecule has 1 aromatic heterocycles. The lowest BCUT2D eigenvalue weighted by Gasteiger charge is -2.10. The summed E-state index contributed by atoms with van der Waals surface area (Å²) in [6, 6.07) is 6.78. The third-order valence-corrected chi connectivity index (χ3v) is 2.59. The van der Waals surface area contributed by atoms with Crippen molar-refractivity contribution >= 4 is 17.2 Å². The standard InChI is InChI=1S/C13H14FN3/c1-8-3-4-11(10(14)7-8)17-13-12(15)9(2)5-6-16-13/h3-7H,15H2,1-2H3,(H,16,17). The Morgan fingerprint density at radius 1 is 1.24 bits per heavy atom. The van der Waals surface area contributed by atoms with Crippen LogP contribution in [0, 0.1) is 19.7 Å². The van der Waals surface area contributed by atoms with Crippen LogP contribution >= 0.6 is 0 Å². The normalized spacial score (nSPS) is 10.3. The van der Waals surface area contributed by atoms with Gasteiger partial charge in [0.2, 0.25) is 0 Å². The molecule has 0 spiro atoms. The Hall–Kier alpha value is -2.10. The Bertz CT molecular complexity index is 552. The van der Waals surface area contributed by atoms with Crippen LogP contribution in [-0.4, -0.2) is 4.98 Å². The molecule has 0 atom stereocenters. The highest BCUT2D eigenvalue weighted by Crippen LogP contribution is 2.25. The highest BCUT2D eigenvalue weighted by molar-refractivity contribution is 5.71. The Kier molecular flexibility index (Phi) is 2.95. The van der Waals surface area contributed by atoms with E-state index in [4.69, 9.17) is 5.73 Å². The summed E-state index contributed by atoms with van der Waals surface area (Å²) in [7, 11) is 0. The molecule has 1 aromatic carbocycles. The maximum absolute atomic E-state index is 13.6.